The third kappa shape index (κ3) is 8.35. The van der Waals surface area contributed by atoms with Crippen LogP contribution in [0.4, 0.5) is 0 Å². The predicted molar refractivity (Wildman–Crippen MR) is 72.8 cm³/mol. The van der Waals surface area contributed by atoms with Crippen molar-refractivity contribution in [3.63, 3.8) is 0 Å². The van der Waals surface area contributed by atoms with Crippen molar-refractivity contribution >= 4 is 5.97 Å². The third-order valence-corrected chi connectivity index (χ3v) is 2.12. The van der Waals surface area contributed by atoms with Crippen molar-refractivity contribution in [3.8, 4) is 0 Å². The van der Waals surface area contributed by atoms with Gasteiger partial charge in [-0.15, -0.1) is 0 Å². The van der Waals surface area contributed by atoms with Gasteiger partial charge in [0, 0.05) is 0 Å². The average molecular weight is 266 g/mol. The number of hydrogen-bond donors (Lipinski definition) is 0. The smallest absolute Gasteiger partial charge is 0.332 e. The highest BCUT2D eigenvalue weighted by Crippen LogP contribution is 2.06. The molecule has 0 aliphatic rings. The lowest BCUT2D eigenvalue weighted by atomic mass is 10.2. The fraction of sp³-hybridized carbons (Fsp3) is 0.533. The fourth-order valence-corrected chi connectivity index (χ4v) is 1.41. The standard InChI is InChI=1S/C15H22O4/c1-15(2,3)19-14(16)12-18-10-9-17-11-13-7-5-4-6-8-13/h4-8H,9-12H2,1-3H3. The van der Waals surface area contributed by atoms with Crippen LogP contribution in [0.2, 0.25) is 0 Å². The minimum absolute atomic E-state index is 0.0357. The molecule has 0 aromatic heterocycles. The van der Waals surface area contributed by atoms with Crippen LogP contribution >= 0.6 is 0 Å². The van der Waals surface area contributed by atoms with E-state index in [4.69, 9.17) is 14.2 Å². The van der Waals surface area contributed by atoms with Gasteiger partial charge in [0.25, 0.3) is 0 Å². The minimum Gasteiger partial charge on any atom is -0.458 e. The lowest BCUT2D eigenvalue weighted by Crippen LogP contribution is -2.26. The third-order valence-electron chi connectivity index (χ3n) is 2.12. The number of esters is 1. The quantitative estimate of drug-likeness (QED) is 0.562. The van der Waals surface area contributed by atoms with E-state index in [9.17, 15) is 4.79 Å². The first-order chi connectivity index (χ1) is 8.97. The first kappa shape index (κ1) is 15.7. The largest absolute Gasteiger partial charge is 0.458 e. The van der Waals surface area contributed by atoms with Crippen molar-refractivity contribution in [3.05, 3.63) is 35.9 Å². The average Bonchev–Trinajstić information content (AvgIpc) is 2.32. The second-order valence-electron chi connectivity index (χ2n) is 5.18. The van der Waals surface area contributed by atoms with Crippen molar-refractivity contribution in [1.82, 2.24) is 0 Å². The van der Waals surface area contributed by atoms with E-state index in [2.05, 4.69) is 0 Å². The summed E-state index contributed by atoms with van der Waals surface area (Å²) in [6.07, 6.45) is 0. The zero-order valence-corrected chi connectivity index (χ0v) is 11.8. The van der Waals surface area contributed by atoms with Gasteiger partial charge >= 0.3 is 5.97 Å². The van der Waals surface area contributed by atoms with Crippen LogP contribution < -0.4 is 0 Å². The summed E-state index contributed by atoms with van der Waals surface area (Å²) in [6.45, 7) is 6.84. The molecule has 19 heavy (non-hydrogen) atoms. The van der Waals surface area contributed by atoms with Crippen LogP contribution in [-0.4, -0.2) is 31.4 Å². The number of benzene rings is 1. The van der Waals surface area contributed by atoms with E-state index in [0.717, 1.165) is 5.56 Å². The van der Waals surface area contributed by atoms with E-state index in [-0.39, 0.29) is 12.6 Å². The molecule has 4 heteroatoms. The van der Waals surface area contributed by atoms with Gasteiger partial charge in [-0.3, -0.25) is 0 Å². The molecule has 0 unspecified atom stereocenters. The van der Waals surface area contributed by atoms with Gasteiger partial charge in [-0.2, -0.15) is 0 Å². The Morgan fingerprint density at radius 3 is 2.32 bits per heavy atom. The molecule has 0 fully saturated rings. The van der Waals surface area contributed by atoms with Gasteiger partial charge in [0.05, 0.1) is 19.8 Å². The van der Waals surface area contributed by atoms with Crippen molar-refractivity contribution in [2.45, 2.75) is 33.0 Å². The molecule has 0 spiro atoms. The topological polar surface area (TPSA) is 44.8 Å². The molecule has 0 heterocycles. The van der Waals surface area contributed by atoms with Crippen molar-refractivity contribution in [2.24, 2.45) is 0 Å². The Bertz CT molecular complexity index is 367. The van der Waals surface area contributed by atoms with Crippen LogP contribution in [0.5, 0.6) is 0 Å². The molecule has 1 rings (SSSR count). The van der Waals surface area contributed by atoms with E-state index in [0.29, 0.717) is 19.8 Å². The molecule has 0 N–H and O–H groups in total. The minimum atomic E-state index is -0.468. The molecule has 1 aromatic carbocycles. The van der Waals surface area contributed by atoms with Crippen LogP contribution in [0.15, 0.2) is 30.3 Å². The molecule has 106 valence electrons. The number of carbonyl (C=O) groups is 1. The number of hydrogen-bond acceptors (Lipinski definition) is 4. The van der Waals surface area contributed by atoms with Crippen LogP contribution in [0.3, 0.4) is 0 Å². The zero-order valence-electron chi connectivity index (χ0n) is 11.8. The molecule has 0 aliphatic heterocycles. The van der Waals surface area contributed by atoms with Gasteiger partial charge in [0.1, 0.15) is 12.2 Å². The summed E-state index contributed by atoms with van der Waals surface area (Å²) in [4.78, 5) is 11.3. The SMILES string of the molecule is CC(C)(C)OC(=O)COCCOCc1ccccc1. The summed E-state index contributed by atoms with van der Waals surface area (Å²) < 4.78 is 15.7. The highest BCUT2D eigenvalue weighted by molar-refractivity contribution is 5.71. The van der Waals surface area contributed by atoms with Gasteiger partial charge in [0.15, 0.2) is 0 Å². The Kier molecular flexibility index (Phi) is 6.53. The van der Waals surface area contributed by atoms with Crippen LogP contribution in [-0.2, 0) is 25.6 Å². The van der Waals surface area contributed by atoms with Gasteiger partial charge in [-0.1, -0.05) is 30.3 Å². The lowest BCUT2D eigenvalue weighted by Gasteiger charge is -2.19. The fourth-order valence-electron chi connectivity index (χ4n) is 1.41. The molecular weight excluding hydrogens is 244 g/mol. The molecular formula is C15H22O4. The summed E-state index contributed by atoms with van der Waals surface area (Å²) in [6, 6.07) is 9.91. The molecule has 0 saturated heterocycles. The Morgan fingerprint density at radius 2 is 1.68 bits per heavy atom. The van der Waals surface area contributed by atoms with E-state index in [1.54, 1.807) is 0 Å². The Balaban J connectivity index is 2.01. The summed E-state index contributed by atoms with van der Waals surface area (Å²) in [5.41, 5.74) is 0.652. The summed E-state index contributed by atoms with van der Waals surface area (Å²) in [7, 11) is 0. The number of carbonyl (C=O) groups excluding carboxylic acids is 1. The maximum absolute atomic E-state index is 11.3. The molecule has 0 bridgehead atoms. The van der Waals surface area contributed by atoms with Crippen molar-refractivity contribution in [1.29, 1.82) is 0 Å². The Hall–Kier alpha value is -1.39. The maximum Gasteiger partial charge on any atom is 0.332 e. The molecule has 1 aromatic rings. The van der Waals surface area contributed by atoms with Gasteiger partial charge in [0.2, 0.25) is 0 Å². The Morgan fingerprint density at radius 1 is 1.05 bits per heavy atom. The van der Waals surface area contributed by atoms with E-state index < -0.39 is 5.60 Å². The summed E-state index contributed by atoms with van der Waals surface area (Å²) in [5, 5.41) is 0. The zero-order chi connectivity index (χ0) is 14.1. The van der Waals surface area contributed by atoms with E-state index in [1.165, 1.54) is 0 Å². The molecule has 4 nitrogen and oxygen atoms in total. The monoisotopic (exact) mass is 266 g/mol. The molecule has 0 atom stereocenters. The second kappa shape index (κ2) is 7.92. The molecule has 0 radical (unpaired) electrons. The summed E-state index contributed by atoms with van der Waals surface area (Å²) in [5.74, 6) is -0.351. The van der Waals surface area contributed by atoms with Gasteiger partial charge in [-0.05, 0) is 26.3 Å². The van der Waals surface area contributed by atoms with Gasteiger partial charge in [-0.25, -0.2) is 4.79 Å². The highest BCUT2D eigenvalue weighted by atomic mass is 16.6. The van der Waals surface area contributed by atoms with E-state index in [1.807, 2.05) is 51.1 Å². The molecule has 0 amide bonds. The van der Waals surface area contributed by atoms with Crippen LogP contribution in [0, 0.1) is 0 Å². The lowest BCUT2D eigenvalue weighted by molar-refractivity contribution is -0.160. The van der Waals surface area contributed by atoms with Crippen LogP contribution in [0.25, 0.3) is 0 Å². The highest BCUT2D eigenvalue weighted by Gasteiger charge is 2.15. The number of ether oxygens (including phenoxy) is 3. The second-order valence-corrected chi connectivity index (χ2v) is 5.18. The Labute approximate surface area is 114 Å². The first-order valence-electron chi connectivity index (χ1n) is 6.38. The van der Waals surface area contributed by atoms with Crippen LogP contribution in [0.1, 0.15) is 26.3 Å². The van der Waals surface area contributed by atoms with Crippen molar-refractivity contribution < 1.29 is 19.0 Å². The normalized spacial score (nSPS) is 11.3. The van der Waals surface area contributed by atoms with Crippen molar-refractivity contribution in [2.75, 3.05) is 19.8 Å². The predicted octanol–water partition coefficient (Wildman–Crippen LogP) is 2.56. The van der Waals surface area contributed by atoms with E-state index >= 15 is 0 Å². The number of rotatable bonds is 7. The summed E-state index contributed by atoms with van der Waals surface area (Å²) >= 11 is 0. The first-order valence-corrected chi connectivity index (χ1v) is 6.38. The molecule has 0 aliphatic carbocycles. The van der Waals surface area contributed by atoms with Gasteiger partial charge < -0.3 is 14.2 Å². The molecule has 0 saturated carbocycles. The maximum atomic E-state index is 11.3.